The molecule has 5 rings (SSSR count). The Labute approximate surface area is 235 Å². The van der Waals surface area contributed by atoms with E-state index in [1.54, 1.807) is 69.3 Å². The van der Waals surface area contributed by atoms with Crippen molar-refractivity contribution in [2.75, 3.05) is 4.90 Å². The summed E-state index contributed by atoms with van der Waals surface area (Å²) >= 11 is 0. The molecule has 0 saturated carbocycles. The van der Waals surface area contributed by atoms with E-state index in [0.717, 1.165) is 28.2 Å². The lowest BCUT2D eigenvalue weighted by Crippen LogP contribution is -2.46. The number of ether oxygens (including phenoxy) is 1. The predicted molar refractivity (Wildman–Crippen MR) is 152 cm³/mol. The number of nitrogens with zero attached hydrogens (tertiary/aromatic N) is 3. The van der Waals surface area contributed by atoms with Gasteiger partial charge in [0.1, 0.15) is 11.0 Å². The lowest BCUT2D eigenvalue weighted by Gasteiger charge is -2.30. The van der Waals surface area contributed by atoms with Crippen LogP contribution in [0.1, 0.15) is 37.5 Å². The van der Waals surface area contributed by atoms with Gasteiger partial charge in [0, 0.05) is 11.6 Å². The zero-order valence-electron chi connectivity index (χ0n) is 22.4. The first-order valence-corrected chi connectivity index (χ1v) is 12.7. The van der Waals surface area contributed by atoms with E-state index in [9.17, 15) is 29.8 Å². The molecule has 0 aliphatic carbocycles. The van der Waals surface area contributed by atoms with Crippen LogP contribution in [-0.4, -0.2) is 27.4 Å². The molecule has 0 N–H and O–H groups in total. The molecule has 0 saturated heterocycles. The zero-order chi connectivity index (χ0) is 29.5. The van der Waals surface area contributed by atoms with E-state index < -0.39 is 44.2 Å². The molecule has 0 fully saturated rings. The number of non-ortho nitro benzene ring substituents is 1. The standard InChI is InChI=1S/C31H25N3O7/c1-30(2,3)41-29(36)32-26-12-8-7-11-24(26)31(28(32)35,25-18-17-23(33(37)38)19-27(25)34(39)40)22-15-13-21(14-16-22)20-9-5-4-6-10-20/h4-19H,1-3H3/t31-/m0/s1. The minimum atomic E-state index is -1.89. The highest BCUT2D eigenvalue weighted by molar-refractivity contribution is 6.24. The fraction of sp³-hybridized carbons (Fsp3) is 0.161. The highest BCUT2D eigenvalue weighted by Gasteiger charge is 2.58. The number of para-hydroxylation sites is 1. The van der Waals surface area contributed by atoms with Gasteiger partial charge < -0.3 is 4.74 Å². The van der Waals surface area contributed by atoms with Gasteiger partial charge in [-0.2, -0.15) is 0 Å². The minimum absolute atomic E-state index is 0.107. The summed E-state index contributed by atoms with van der Waals surface area (Å²) in [6, 6.07) is 26.1. The van der Waals surface area contributed by atoms with Gasteiger partial charge in [0.25, 0.3) is 17.3 Å². The molecule has 0 unspecified atom stereocenters. The normalized spacial score (nSPS) is 16.3. The number of carbonyl (C=O) groups excluding carboxylic acids is 2. The first-order chi connectivity index (χ1) is 19.4. The number of hydrogen-bond donors (Lipinski definition) is 0. The summed E-state index contributed by atoms with van der Waals surface area (Å²) in [6.45, 7) is 4.98. The second-order valence-corrected chi connectivity index (χ2v) is 10.5. The third kappa shape index (κ3) is 4.59. The first kappa shape index (κ1) is 27.2. The molecule has 1 aliphatic heterocycles. The van der Waals surface area contributed by atoms with Gasteiger partial charge in [-0.3, -0.25) is 25.0 Å². The van der Waals surface area contributed by atoms with Gasteiger partial charge in [-0.1, -0.05) is 72.8 Å². The number of nitro groups is 2. The number of carbonyl (C=O) groups is 2. The average molecular weight is 552 g/mol. The highest BCUT2D eigenvalue weighted by atomic mass is 16.6. The molecular weight excluding hydrogens is 526 g/mol. The molecule has 1 atom stereocenters. The first-order valence-electron chi connectivity index (χ1n) is 12.7. The van der Waals surface area contributed by atoms with Crippen molar-refractivity contribution in [3.8, 4) is 11.1 Å². The van der Waals surface area contributed by atoms with Crippen molar-refractivity contribution < 1.29 is 24.2 Å². The second-order valence-electron chi connectivity index (χ2n) is 10.5. The number of anilines is 1. The van der Waals surface area contributed by atoms with E-state index in [4.69, 9.17) is 4.74 Å². The molecule has 0 radical (unpaired) electrons. The summed E-state index contributed by atoms with van der Waals surface area (Å²) in [5.74, 6) is -0.794. The van der Waals surface area contributed by atoms with Gasteiger partial charge in [-0.05, 0) is 49.6 Å². The molecule has 0 spiro atoms. The second kappa shape index (κ2) is 9.98. The van der Waals surface area contributed by atoms with Crippen LogP contribution in [0.2, 0.25) is 0 Å². The molecular formula is C31H25N3O7. The van der Waals surface area contributed by atoms with Gasteiger partial charge in [-0.25, -0.2) is 9.69 Å². The summed E-state index contributed by atoms with van der Waals surface area (Å²) in [5, 5.41) is 23.9. The van der Waals surface area contributed by atoms with Crippen molar-refractivity contribution in [3.05, 3.63) is 134 Å². The van der Waals surface area contributed by atoms with E-state index in [-0.39, 0.29) is 11.3 Å². The van der Waals surface area contributed by atoms with Crippen LogP contribution in [0, 0.1) is 20.2 Å². The Kier molecular flexibility index (Phi) is 6.62. The number of hydrogen-bond acceptors (Lipinski definition) is 7. The Balaban J connectivity index is 1.82. The lowest BCUT2D eigenvalue weighted by atomic mass is 9.69. The Morgan fingerprint density at radius 1 is 0.780 bits per heavy atom. The SMILES string of the molecule is CC(C)(C)OC(=O)N1C(=O)[C@](c2ccc(-c3ccccc3)cc2)(c2ccc([N+](=O)[O-])cc2[N+](=O)[O-])c2ccccc21. The van der Waals surface area contributed by atoms with Crippen LogP contribution in [0.15, 0.2) is 97.1 Å². The Bertz CT molecular complexity index is 1700. The zero-order valence-corrected chi connectivity index (χ0v) is 22.4. The third-order valence-corrected chi connectivity index (χ3v) is 6.87. The van der Waals surface area contributed by atoms with Crippen LogP contribution < -0.4 is 4.90 Å². The van der Waals surface area contributed by atoms with Crippen LogP contribution in [0.4, 0.5) is 21.9 Å². The van der Waals surface area contributed by atoms with Crippen LogP contribution in [0.25, 0.3) is 11.1 Å². The van der Waals surface area contributed by atoms with Crippen LogP contribution in [0.5, 0.6) is 0 Å². The molecule has 1 aliphatic rings. The lowest BCUT2D eigenvalue weighted by molar-refractivity contribution is -0.394. The van der Waals surface area contributed by atoms with E-state index in [1.807, 2.05) is 30.3 Å². The molecule has 0 aromatic heterocycles. The number of nitro benzene ring substituents is 2. The van der Waals surface area contributed by atoms with Gasteiger partial charge in [-0.15, -0.1) is 0 Å². The number of fused-ring (bicyclic) bond motifs is 1. The molecule has 4 aromatic carbocycles. The topological polar surface area (TPSA) is 133 Å². The molecule has 1 heterocycles. The smallest absolute Gasteiger partial charge is 0.421 e. The summed E-state index contributed by atoms with van der Waals surface area (Å²) in [6.07, 6.45) is -0.942. The van der Waals surface area contributed by atoms with Crippen molar-refractivity contribution in [2.45, 2.75) is 31.8 Å². The Morgan fingerprint density at radius 3 is 2.00 bits per heavy atom. The fourth-order valence-corrected chi connectivity index (χ4v) is 5.21. The molecule has 206 valence electrons. The maximum absolute atomic E-state index is 14.6. The van der Waals surface area contributed by atoms with Crippen LogP contribution in [-0.2, 0) is 14.9 Å². The largest absolute Gasteiger partial charge is 0.443 e. The molecule has 2 amide bonds. The van der Waals surface area contributed by atoms with Gasteiger partial charge in [0.2, 0.25) is 0 Å². The minimum Gasteiger partial charge on any atom is -0.443 e. The summed E-state index contributed by atoms with van der Waals surface area (Å²) in [4.78, 5) is 51.3. The van der Waals surface area contributed by atoms with Crippen molar-refractivity contribution in [3.63, 3.8) is 0 Å². The van der Waals surface area contributed by atoms with Crippen molar-refractivity contribution in [1.82, 2.24) is 0 Å². The average Bonchev–Trinajstić information content (AvgIpc) is 3.21. The maximum Gasteiger partial charge on any atom is 0.421 e. The summed E-state index contributed by atoms with van der Waals surface area (Å²) in [5.41, 5.74) is -1.45. The third-order valence-electron chi connectivity index (χ3n) is 6.87. The molecule has 4 aromatic rings. The number of imide groups is 1. The predicted octanol–water partition coefficient (Wildman–Crippen LogP) is 6.79. The molecule has 10 heteroatoms. The van der Waals surface area contributed by atoms with E-state index in [2.05, 4.69) is 0 Å². The maximum atomic E-state index is 14.6. The fourth-order valence-electron chi connectivity index (χ4n) is 5.21. The van der Waals surface area contributed by atoms with E-state index in [0.29, 0.717) is 11.1 Å². The van der Waals surface area contributed by atoms with Gasteiger partial charge >= 0.3 is 6.09 Å². The highest BCUT2D eigenvalue weighted by Crippen LogP contribution is 2.53. The van der Waals surface area contributed by atoms with Crippen molar-refractivity contribution >= 4 is 29.1 Å². The van der Waals surface area contributed by atoms with Crippen molar-refractivity contribution in [2.24, 2.45) is 0 Å². The van der Waals surface area contributed by atoms with Crippen LogP contribution in [0.3, 0.4) is 0 Å². The van der Waals surface area contributed by atoms with Gasteiger partial charge in [0.15, 0.2) is 0 Å². The van der Waals surface area contributed by atoms with Gasteiger partial charge in [0.05, 0.1) is 27.2 Å². The summed E-state index contributed by atoms with van der Waals surface area (Å²) in [7, 11) is 0. The van der Waals surface area contributed by atoms with Crippen LogP contribution >= 0.6 is 0 Å². The summed E-state index contributed by atoms with van der Waals surface area (Å²) < 4.78 is 5.56. The van der Waals surface area contributed by atoms with E-state index >= 15 is 0 Å². The molecule has 41 heavy (non-hydrogen) atoms. The Morgan fingerprint density at radius 2 is 1.39 bits per heavy atom. The Hall–Kier alpha value is -5.38. The van der Waals surface area contributed by atoms with E-state index in [1.165, 1.54) is 6.07 Å². The quantitative estimate of drug-likeness (QED) is 0.197. The number of rotatable bonds is 5. The molecule has 0 bridgehead atoms. The molecule has 10 nitrogen and oxygen atoms in total. The number of benzene rings is 4. The van der Waals surface area contributed by atoms with Crippen molar-refractivity contribution in [1.29, 1.82) is 0 Å². The number of amides is 2. The monoisotopic (exact) mass is 551 g/mol.